The van der Waals surface area contributed by atoms with Gasteiger partial charge < -0.3 is 5.73 Å². The van der Waals surface area contributed by atoms with E-state index in [4.69, 9.17) is 5.73 Å². The van der Waals surface area contributed by atoms with Crippen LogP contribution in [0.3, 0.4) is 0 Å². The van der Waals surface area contributed by atoms with Crippen LogP contribution in [0, 0.1) is 0 Å². The molecule has 0 saturated heterocycles. The van der Waals surface area contributed by atoms with Gasteiger partial charge in [0.1, 0.15) is 10.7 Å². The van der Waals surface area contributed by atoms with Gasteiger partial charge in [0.05, 0.1) is 0 Å². The largest absolute Gasteiger partial charge is 0.443 e. The number of alkyl halides is 3. The van der Waals surface area contributed by atoms with Crippen molar-refractivity contribution in [2.45, 2.75) is 6.18 Å². The number of aromatic nitrogens is 1. The molecule has 0 saturated carbocycles. The van der Waals surface area contributed by atoms with Crippen LogP contribution in [0.4, 0.5) is 18.2 Å². The predicted octanol–water partition coefficient (Wildman–Crippen LogP) is 3.41. The molecule has 0 amide bonds. The molecular weight excluding hydrogens is 237 g/mol. The molecule has 0 aliphatic rings. The minimum atomic E-state index is -4.44. The van der Waals surface area contributed by atoms with Crippen LogP contribution in [0.15, 0.2) is 30.3 Å². The average molecular weight is 244 g/mol. The summed E-state index contributed by atoms with van der Waals surface area (Å²) in [7, 11) is 0. The van der Waals surface area contributed by atoms with Crippen LogP contribution >= 0.6 is 11.3 Å². The summed E-state index contributed by atoms with van der Waals surface area (Å²) < 4.78 is 37.2. The maximum atomic E-state index is 12.4. The molecule has 2 aromatic rings. The van der Waals surface area contributed by atoms with Crippen molar-refractivity contribution in [1.29, 1.82) is 0 Å². The van der Waals surface area contributed by atoms with Crippen molar-refractivity contribution in [2.75, 3.05) is 5.73 Å². The summed E-state index contributed by atoms with van der Waals surface area (Å²) in [5, 5.41) is -0.831. The molecule has 0 radical (unpaired) electrons. The van der Waals surface area contributed by atoms with Gasteiger partial charge in [0.2, 0.25) is 5.01 Å². The van der Waals surface area contributed by atoms with Gasteiger partial charge >= 0.3 is 6.18 Å². The van der Waals surface area contributed by atoms with E-state index in [2.05, 4.69) is 4.98 Å². The molecule has 2 N–H and O–H groups in total. The molecule has 6 heteroatoms. The minimum absolute atomic E-state index is 0.0820. The number of thiazole rings is 1. The van der Waals surface area contributed by atoms with E-state index in [1.807, 2.05) is 0 Å². The topological polar surface area (TPSA) is 38.9 Å². The Labute approximate surface area is 93.5 Å². The number of anilines is 1. The van der Waals surface area contributed by atoms with E-state index in [-0.39, 0.29) is 10.7 Å². The number of halogens is 3. The first-order valence-corrected chi connectivity index (χ1v) is 5.19. The molecule has 1 heterocycles. The van der Waals surface area contributed by atoms with Gasteiger partial charge in [-0.15, -0.1) is 0 Å². The summed E-state index contributed by atoms with van der Waals surface area (Å²) in [5.41, 5.74) is 6.31. The first-order chi connectivity index (χ1) is 7.48. The maximum absolute atomic E-state index is 12.4. The van der Waals surface area contributed by atoms with Crippen LogP contribution in [0.25, 0.3) is 11.3 Å². The molecule has 0 unspecified atom stereocenters. The van der Waals surface area contributed by atoms with E-state index in [0.717, 1.165) is 0 Å². The van der Waals surface area contributed by atoms with Crippen molar-refractivity contribution >= 4 is 16.3 Å². The Morgan fingerprint density at radius 1 is 1.12 bits per heavy atom. The molecule has 1 aromatic heterocycles. The lowest BCUT2D eigenvalue weighted by Crippen LogP contribution is -2.03. The standard InChI is InChI=1S/C10H7F3N2S/c11-10(12,13)9-15-7(8(14)16-9)6-4-2-1-3-5-6/h1-5H,14H2. The summed E-state index contributed by atoms with van der Waals surface area (Å²) in [6.07, 6.45) is -4.44. The number of rotatable bonds is 1. The molecule has 0 aliphatic heterocycles. The number of nitrogen functional groups attached to an aromatic ring is 1. The SMILES string of the molecule is Nc1sc(C(F)(F)F)nc1-c1ccccc1. The summed E-state index contributed by atoms with van der Waals surface area (Å²) in [5.74, 6) is 0. The van der Waals surface area contributed by atoms with Crippen molar-refractivity contribution in [3.63, 3.8) is 0 Å². The lowest BCUT2D eigenvalue weighted by Gasteiger charge is -1.99. The van der Waals surface area contributed by atoms with Crippen molar-refractivity contribution in [1.82, 2.24) is 4.98 Å². The van der Waals surface area contributed by atoms with Crippen LogP contribution in [0.5, 0.6) is 0 Å². The van der Waals surface area contributed by atoms with E-state index < -0.39 is 11.2 Å². The predicted molar refractivity (Wildman–Crippen MR) is 57.0 cm³/mol. The second-order valence-electron chi connectivity index (χ2n) is 3.10. The van der Waals surface area contributed by atoms with E-state index in [0.29, 0.717) is 16.9 Å². The van der Waals surface area contributed by atoms with Gasteiger partial charge in [0, 0.05) is 5.56 Å². The van der Waals surface area contributed by atoms with Crippen LogP contribution in [-0.4, -0.2) is 4.98 Å². The Kier molecular flexibility index (Phi) is 2.59. The van der Waals surface area contributed by atoms with Crippen molar-refractivity contribution in [2.24, 2.45) is 0 Å². The van der Waals surface area contributed by atoms with Gasteiger partial charge in [-0.05, 0) is 0 Å². The van der Waals surface area contributed by atoms with Crippen LogP contribution in [0.2, 0.25) is 0 Å². The van der Waals surface area contributed by atoms with E-state index in [1.165, 1.54) is 0 Å². The third-order valence-electron chi connectivity index (χ3n) is 1.94. The van der Waals surface area contributed by atoms with Crippen molar-refractivity contribution < 1.29 is 13.2 Å². The Morgan fingerprint density at radius 2 is 1.75 bits per heavy atom. The highest BCUT2D eigenvalue weighted by Gasteiger charge is 2.35. The van der Waals surface area contributed by atoms with Gasteiger partial charge in [-0.2, -0.15) is 13.2 Å². The van der Waals surface area contributed by atoms with E-state index in [1.54, 1.807) is 30.3 Å². The zero-order chi connectivity index (χ0) is 11.8. The van der Waals surface area contributed by atoms with Gasteiger partial charge in [-0.25, -0.2) is 4.98 Å². The summed E-state index contributed by atoms with van der Waals surface area (Å²) >= 11 is 0.458. The molecule has 0 atom stereocenters. The van der Waals surface area contributed by atoms with Crippen molar-refractivity contribution in [3.8, 4) is 11.3 Å². The molecule has 2 nitrogen and oxygen atoms in total. The fourth-order valence-corrected chi connectivity index (χ4v) is 1.98. The Bertz CT molecular complexity index is 491. The monoisotopic (exact) mass is 244 g/mol. The molecular formula is C10H7F3N2S. The number of hydrogen-bond donors (Lipinski definition) is 1. The number of nitrogens with zero attached hydrogens (tertiary/aromatic N) is 1. The van der Waals surface area contributed by atoms with E-state index >= 15 is 0 Å². The highest BCUT2D eigenvalue weighted by molar-refractivity contribution is 7.16. The fourth-order valence-electron chi connectivity index (χ4n) is 1.26. The molecule has 84 valence electrons. The maximum Gasteiger partial charge on any atom is 0.443 e. The summed E-state index contributed by atoms with van der Waals surface area (Å²) in [6.45, 7) is 0. The van der Waals surface area contributed by atoms with Crippen LogP contribution in [-0.2, 0) is 6.18 Å². The van der Waals surface area contributed by atoms with Crippen molar-refractivity contribution in [3.05, 3.63) is 35.3 Å². The van der Waals surface area contributed by atoms with Gasteiger partial charge in [-0.1, -0.05) is 41.7 Å². The van der Waals surface area contributed by atoms with Gasteiger partial charge in [-0.3, -0.25) is 0 Å². The second kappa shape index (κ2) is 3.79. The van der Waals surface area contributed by atoms with Crippen LogP contribution in [0.1, 0.15) is 5.01 Å². The molecule has 2 rings (SSSR count). The third kappa shape index (κ3) is 2.01. The highest BCUT2D eigenvalue weighted by atomic mass is 32.1. The third-order valence-corrected chi connectivity index (χ3v) is 2.87. The summed E-state index contributed by atoms with van der Waals surface area (Å²) in [4.78, 5) is 3.52. The number of hydrogen-bond acceptors (Lipinski definition) is 3. The van der Waals surface area contributed by atoms with Crippen LogP contribution < -0.4 is 5.73 Å². The molecule has 16 heavy (non-hydrogen) atoms. The lowest BCUT2D eigenvalue weighted by molar-refractivity contribution is -0.137. The second-order valence-corrected chi connectivity index (χ2v) is 4.13. The highest BCUT2D eigenvalue weighted by Crippen LogP contribution is 2.38. The Balaban J connectivity index is 2.48. The lowest BCUT2D eigenvalue weighted by atomic mass is 10.2. The average Bonchev–Trinajstić information content (AvgIpc) is 2.61. The summed E-state index contributed by atoms with van der Waals surface area (Å²) in [6, 6.07) is 8.57. The Morgan fingerprint density at radius 3 is 2.25 bits per heavy atom. The molecule has 1 aromatic carbocycles. The minimum Gasteiger partial charge on any atom is -0.389 e. The van der Waals surface area contributed by atoms with Gasteiger partial charge in [0.25, 0.3) is 0 Å². The zero-order valence-corrected chi connectivity index (χ0v) is 8.77. The quantitative estimate of drug-likeness (QED) is 0.834. The fraction of sp³-hybridized carbons (Fsp3) is 0.100. The van der Waals surface area contributed by atoms with E-state index in [9.17, 15) is 13.2 Å². The number of nitrogens with two attached hydrogens (primary N) is 1. The zero-order valence-electron chi connectivity index (χ0n) is 7.95. The van der Waals surface area contributed by atoms with Gasteiger partial charge in [0.15, 0.2) is 0 Å². The Hall–Kier alpha value is -1.56. The smallest absolute Gasteiger partial charge is 0.389 e. The molecule has 0 spiro atoms. The first kappa shape index (κ1) is 10.9. The first-order valence-electron chi connectivity index (χ1n) is 4.37. The number of benzene rings is 1. The molecule has 0 aliphatic carbocycles. The normalized spacial score (nSPS) is 11.7. The molecule has 0 fully saturated rings. The molecule has 0 bridgehead atoms.